The summed E-state index contributed by atoms with van der Waals surface area (Å²) in [6, 6.07) is 5.56. The van der Waals surface area contributed by atoms with Crippen molar-refractivity contribution < 1.29 is 14.8 Å². The Balaban J connectivity index is 2.25. The second-order valence-electron chi connectivity index (χ2n) is 4.51. The van der Waals surface area contributed by atoms with E-state index in [9.17, 15) is 20.0 Å². The number of rotatable bonds is 4. The summed E-state index contributed by atoms with van der Waals surface area (Å²) in [5.41, 5.74) is 0.579. The minimum absolute atomic E-state index is 0.161. The number of hydrogen-bond donors (Lipinski definition) is 0. The van der Waals surface area contributed by atoms with Crippen molar-refractivity contribution in [3.63, 3.8) is 0 Å². The van der Waals surface area contributed by atoms with Crippen LogP contribution in [0.15, 0.2) is 30.3 Å². The molecule has 108 valence electrons. The van der Waals surface area contributed by atoms with Gasteiger partial charge in [0.25, 0.3) is 5.69 Å². The van der Waals surface area contributed by atoms with Gasteiger partial charge in [-0.25, -0.2) is 0 Å². The molecule has 0 radical (unpaired) electrons. The Labute approximate surface area is 125 Å². The number of hydrogen-bond acceptors (Lipinski definition) is 5. The van der Waals surface area contributed by atoms with E-state index in [4.69, 9.17) is 0 Å². The highest BCUT2D eigenvalue weighted by molar-refractivity contribution is 7.12. The first-order chi connectivity index (χ1) is 9.88. The zero-order valence-corrected chi connectivity index (χ0v) is 12.3. The van der Waals surface area contributed by atoms with Gasteiger partial charge in [-0.3, -0.25) is 14.9 Å². The van der Waals surface area contributed by atoms with Crippen molar-refractivity contribution in [2.24, 2.45) is 0 Å². The fraction of sp³-hybridized carbons (Fsp3) is 0.133. The number of carbonyl (C=O) groups excluding carboxylic acids is 1. The zero-order valence-electron chi connectivity index (χ0n) is 11.5. The zero-order chi connectivity index (χ0) is 15.6. The third-order valence-electron chi connectivity index (χ3n) is 2.91. The van der Waals surface area contributed by atoms with Crippen LogP contribution in [0.25, 0.3) is 6.08 Å². The number of nitro benzene ring substituents is 1. The van der Waals surface area contributed by atoms with E-state index >= 15 is 0 Å². The Bertz CT molecular complexity index is 746. The average molecular weight is 302 g/mol. The highest BCUT2D eigenvalue weighted by atomic mass is 32.1. The lowest BCUT2D eigenvalue weighted by atomic mass is 10.1. The summed E-state index contributed by atoms with van der Waals surface area (Å²) in [7, 11) is 0. The van der Waals surface area contributed by atoms with Crippen molar-refractivity contribution in [2.75, 3.05) is 0 Å². The summed E-state index contributed by atoms with van der Waals surface area (Å²) in [4.78, 5) is 24.0. The number of ketones is 1. The van der Waals surface area contributed by atoms with Gasteiger partial charge < -0.3 is 5.11 Å². The fourth-order valence-electron chi connectivity index (χ4n) is 1.92. The molecule has 1 heterocycles. The van der Waals surface area contributed by atoms with Crippen LogP contribution in [0.1, 0.15) is 25.7 Å². The van der Waals surface area contributed by atoms with Gasteiger partial charge in [-0.1, -0.05) is 18.2 Å². The van der Waals surface area contributed by atoms with Crippen LogP contribution in [0.5, 0.6) is 5.75 Å². The second-order valence-corrected chi connectivity index (χ2v) is 5.97. The normalized spacial score (nSPS) is 11.0. The number of thiophene rings is 1. The minimum atomic E-state index is -0.728. The molecule has 0 aliphatic rings. The Kier molecular flexibility index (Phi) is 4.18. The maximum Gasteiger partial charge on any atom is 0.262 e. The first-order valence-electron chi connectivity index (χ1n) is 6.13. The fourth-order valence-corrected chi connectivity index (χ4v) is 2.85. The molecule has 6 heteroatoms. The molecule has 1 aromatic heterocycles. The number of allylic oxidation sites excluding steroid dienone is 1. The predicted molar refractivity (Wildman–Crippen MR) is 79.7 cm³/mol. The highest BCUT2D eigenvalue weighted by Crippen LogP contribution is 2.25. The quantitative estimate of drug-likeness (QED) is 0.375. The van der Waals surface area contributed by atoms with Crippen LogP contribution in [-0.2, 0) is 0 Å². The first-order valence-corrected chi connectivity index (χ1v) is 6.95. The molecule has 0 saturated heterocycles. The van der Waals surface area contributed by atoms with Crippen LogP contribution in [0.2, 0.25) is 0 Å². The largest absolute Gasteiger partial charge is 0.868 e. The van der Waals surface area contributed by atoms with Gasteiger partial charge in [0, 0.05) is 21.4 Å². The third-order valence-corrected chi connectivity index (χ3v) is 3.88. The molecule has 0 amide bonds. The van der Waals surface area contributed by atoms with Crippen molar-refractivity contribution in [3.05, 3.63) is 61.3 Å². The summed E-state index contributed by atoms with van der Waals surface area (Å²) >= 11 is 1.54. The third kappa shape index (κ3) is 3.35. The van der Waals surface area contributed by atoms with Gasteiger partial charge in [0.05, 0.1) is 4.92 Å². The van der Waals surface area contributed by atoms with Gasteiger partial charge >= 0.3 is 0 Å². The van der Waals surface area contributed by atoms with Gasteiger partial charge in [0.15, 0.2) is 5.78 Å². The van der Waals surface area contributed by atoms with Crippen molar-refractivity contribution in [2.45, 2.75) is 13.8 Å². The van der Waals surface area contributed by atoms with Crippen molar-refractivity contribution >= 4 is 28.9 Å². The van der Waals surface area contributed by atoms with E-state index in [2.05, 4.69) is 0 Å². The SMILES string of the molecule is Cc1cc(C(=O)/C=C/c2ccc([O-])c([N+](=O)[O-])c2)c(C)s1. The van der Waals surface area contributed by atoms with Crippen LogP contribution < -0.4 is 5.11 Å². The summed E-state index contributed by atoms with van der Waals surface area (Å²) in [5.74, 6) is -0.807. The van der Waals surface area contributed by atoms with E-state index < -0.39 is 16.4 Å². The van der Waals surface area contributed by atoms with Gasteiger partial charge in [-0.05, 0) is 37.3 Å². The monoisotopic (exact) mass is 302 g/mol. The molecule has 0 atom stereocenters. The highest BCUT2D eigenvalue weighted by Gasteiger charge is 2.10. The Hall–Kier alpha value is -2.47. The Morgan fingerprint density at radius 1 is 1.29 bits per heavy atom. The molecule has 2 aromatic rings. The number of nitrogens with zero attached hydrogens (tertiary/aromatic N) is 1. The summed E-state index contributed by atoms with van der Waals surface area (Å²) in [5, 5.41) is 22.0. The van der Waals surface area contributed by atoms with Gasteiger partial charge in [-0.2, -0.15) is 0 Å². The Morgan fingerprint density at radius 3 is 2.57 bits per heavy atom. The van der Waals surface area contributed by atoms with Gasteiger partial charge in [-0.15, -0.1) is 11.3 Å². The van der Waals surface area contributed by atoms with Crippen molar-refractivity contribution in [1.82, 2.24) is 0 Å². The minimum Gasteiger partial charge on any atom is -0.868 e. The molecule has 21 heavy (non-hydrogen) atoms. The molecule has 2 rings (SSSR count). The smallest absolute Gasteiger partial charge is 0.262 e. The van der Waals surface area contributed by atoms with Crippen LogP contribution in [0, 0.1) is 24.0 Å². The lowest BCUT2D eigenvalue weighted by molar-refractivity contribution is -0.398. The first kappa shape index (κ1) is 14.9. The number of aryl methyl sites for hydroxylation is 2. The molecule has 5 nitrogen and oxygen atoms in total. The number of nitro groups is 1. The summed E-state index contributed by atoms with van der Waals surface area (Å²) < 4.78 is 0. The molecule has 0 N–H and O–H groups in total. The van der Waals surface area contributed by atoms with Crippen molar-refractivity contribution in [3.8, 4) is 5.75 Å². The van der Waals surface area contributed by atoms with E-state index in [1.165, 1.54) is 18.2 Å². The standard InChI is InChI=1S/C15H13NO4S/c1-9-7-12(10(2)21-9)14(17)5-3-11-4-6-15(18)13(8-11)16(19)20/h3-8,18H,1-2H3/p-1/b5-3+. The van der Waals surface area contributed by atoms with E-state index in [0.29, 0.717) is 11.1 Å². The molecule has 1 aromatic carbocycles. The van der Waals surface area contributed by atoms with E-state index in [1.807, 2.05) is 19.9 Å². The van der Waals surface area contributed by atoms with Gasteiger partial charge in [0.1, 0.15) is 0 Å². The Morgan fingerprint density at radius 2 is 2.00 bits per heavy atom. The van der Waals surface area contributed by atoms with Crippen LogP contribution >= 0.6 is 11.3 Å². The lowest BCUT2D eigenvalue weighted by Crippen LogP contribution is -1.98. The van der Waals surface area contributed by atoms with Crippen molar-refractivity contribution in [1.29, 1.82) is 0 Å². The number of carbonyl (C=O) groups is 1. The molecule has 0 fully saturated rings. The molecule has 0 aliphatic carbocycles. The predicted octanol–water partition coefficient (Wildman–Crippen LogP) is 3.24. The topological polar surface area (TPSA) is 83.3 Å². The maximum absolute atomic E-state index is 12.1. The van der Waals surface area contributed by atoms with Crippen LogP contribution in [0.3, 0.4) is 0 Å². The summed E-state index contributed by atoms with van der Waals surface area (Å²) in [6.07, 6.45) is 2.83. The maximum atomic E-state index is 12.1. The molecular weight excluding hydrogens is 290 g/mol. The molecular formula is C15H12NO4S-. The van der Waals surface area contributed by atoms with E-state index in [-0.39, 0.29) is 5.78 Å². The summed E-state index contributed by atoms with van der Waals surface area (Å²) in [6.45, 7) is 3.80. The van der Waals surface area contributed by atoms with Crippen LogP contribution in [-0.4, -0.2) is 10.7 Å². The van der Waals surface area contributed by atoms with E-state index in [1.54, 1.807) is 11.3 Å². The molecule has 0 saturated carbocycles. The second kappa shape index (κ2) is 5.88. The lowest BCUT2D eigenvalue weighted by Gasteiger charge is -2.06. The molecule has 0 aliphatic heterocycles. The average Bonchev–Trinajstić information content (AvgIpc) is 2.76. The van der Waals surface area contributed by atoms with E-state index in [0.717, 1.165) is 21.9 Å². The van der Waals surface area contributed by atoms with Gasteiger partial charge in [0.2, 0.25) is 0 Å². The molecule has 0 unspecified atom stereocenters. The van der Waals surface area contributed by atoms with Crippen LogP contribution in [0.4, 0.5) is 5.69 Å². The molecule has 0 bridgehead atoms. The molecule has 0 spiro atoms. The number of benzene rings is 1.